The first-order valence-electron chi connectivity index (χ1n) is 7.15. The zero-order valence-corrected chi connectivity index (χ0v) is 12.4. The lowest BCUT2D eigenvalue weighted by Gasteiger charge is -2.34. The fourth-order valence-corrected chi connectivity index (χ4v) is 3.62. The van der Waals surface area contributed by atoms with E-state index < -0.39 is 0 Å². The second kappa shape index (κ2) is 7.22. The predicted molar refractivity (Wildman–Crippen MR) is 78.3 cm³/mol. The third-order valence-electron chi connectivity index (χ3n) is 3.80. The molecule has 1 saturated heterocycles. The van der Waals surface area contributed by atoms with Gasteiger partial charge in [-0.2, -0.15) is 0 Å². The highest BCUT2D eigenvalue weighted by Crippen LogP contribution is 2.22. The van der Waals surface area contributed by atoms with Crippen molar-refractivity contribution in [3.63, 3.8) is 0 Å². The minimum atomic E-state index is 0.729. The summed E-state index contributed by atoms with van der Waals surface area (Å²) in [5, 5.41) is 6.73. The van der Waals surface area contributed by atoms with E-state index in [0.717, 1.165) is 25.4 Å². The second-order valence-electron chi connectivity index (χ2n) is 5.07. The Morgan fingerprint density at radius 3 is 3.17 bits per heavy atom. The van der Waals surface area contributed by atoms with Gasteiger partial charge in [0.25, 0.3) is 0 Å². The van der Waals surface area contributed by atoms with Crippen molar-refractivity contribution >= 4 is 11.3 Å². The largest absolute Gasteiger partial charge is 0.319 e. The van der Waals surface area contributed by atoms with Crippen LogP contribution >= 0.6 is 11.3 Å². The summed E-state index contributed by atoms with van der Waals surface area (Å²) in [5.74, 6) is 0. The third kappa shape index (κ3) is 3.77. The monoisotopic (exact) mass is 267 g/mol. The van der Waals surface area contributed by atoms with E-state index in [4.69, 9.17) is 4.98 Å². The molecule has 0 aromatic carbocycles. The average molecular weight is 267 g/mol. The van der Waals surface area contributed by atoms with E-state index in [1.807, 2.05) is 18.4 Å². The van der Waals surface area contributed by atoms with Crippen LogP contribution in [-0.2, 0) is 12.8 Å². The molecular formula is C14H25N3S. The van der Waals surface area contributed by atoms with Gasteiger partial charge in [-0.3, -0.25) is 0 Å². The van der Waals surface area contributed by atoms with Crippen molar-refractivity contribution in [1.29, 1.82) is 0 Å². The van der Waals surface area contributed by atoms with Crippen LogP contribution in [0.15, 0.2) is 5.38 Å². The van der Waals surface area contributed by atoms with E-state index in [-0.39, 0.29) is 0 Å². The molecule has 2 rings (SSSR count). The van der Waals surface area contributed by atoms with Crippen LogP contribution in [0.5, 0.6) is 0 Å². The van der Waals surface area contributed by atoms with Crippen molar-refractivity contribution in [3.8, 4) is 0 Å². The van der Waals surface area contributed by atoms with Crippen molar-refractivity contribution in [2.75, 3.05) is 26.7 Å². The Morgan fingerprint density at radius 2 is 2.39 bits per heavy atom. The number of aromatic nitrogens is 1. The van der Waals surface area contributed by atoms with Gasteiger partial charge in [-0.15, -0.1) is 11.3 Å². The molecule has 0 aliphatic carbocycles. The van der Waals surface area contributed by atoms with E-state index in [0.29, 0.717) is 0 Å². The fourth-order valence-electron chi connectivity index (χ4n) is 2.72. The van der Waals surface area contributed by atoms with Gasteiger partial charge < -0.3 is 10.2 Å². The lowest BCUT2D eigenvalue weighted by atomic mass is 10.00. The van der Waals surface area contributed by atoms with E-state index >= 15 is 0 Å². The van der Waals surface area contributed by atoms with Gasteiger partial charge >= 0.3 is 0 Å². The van der Waals surface area contributed by atoms with Crippen LogP contribution in [0, 0.1) is 0 Å². The van der Waals surface area contributed by atoms with Crippen molar-refractivity contribution in [2.45, 2.75) is 45.1 Å². The van der Waals surface area contributed by atoms with Crippen LogP contribution in [0.3, 0.4) is 0 Å². The number of hydrogen-bond donors (Lipinski definition) is 1. The highest BCUT2D eigenvalue weighted by Gasteiger charge is 2.22. The molecule has 1 aliphatic heterocycles. The summed E-state index contributed by atoms with van der Waals surface area (Å²) < 4.78 is 0. The van der Waals surface area contributed by atoms with E-state index in [1.165, 1.54) is 43.1 Å². The number of nitrogens with zero attached hydrogens (tertiary/aromatic N) is 2. The maximum atomic E-state index is 4.76. The van der Waals surface area contributed by atoms with Gasteiger partial charge in [0, 0.05) is 30.8 Å². The fraction of sp³-hybridized carbons (Fsp3) is 0.786. The predicted octanol–water partition coefficient (Wildman–Crippen LogP) is 2.32. The molecule has 2 heterocycles. The van der Waals surface area contributed by atoms with Gasteiger partial charge in [0.1, 0.15) is 0 Å². The number of rotatable bonds is 6. The Bertz CT molecular complexity index is 351. The molecule has 0 amide bonds. The smallest absolute Gasteiger partial charge is 0.0943 e. The zero-order valence-electron chi connectivity index (χ0n) is 11.6. The Balaban J connectivity index is 1.89. The quantitative estimate of drug-likeness (QED) is 0.857. The van der Waals surface area contributed by atoms with Crippen LogP contribution in [0.2, 0.25) is 0 Å². The number of piperidine rings is 1. The number of likely N-dealkylation sites (N-methyl/N-ethyl adjacent to an activating group) is 2. The van der Waals surface area contributed by atoms with Crippen molar-refractivity contribution < 1.29 is 0 Å². The Kier molecular flexibility index (Phi) is 5.60. The number of thiazole rings is 1. The minimum absolute atomic E-state index is 0.729. The van der Waals surface area contributed by atoms with Crippen LogP contribution in [0.1, 0.15) is 36.9 Å². The molecule has 18 heavy (non-hydrogen) atoms. The number of nitrogens with one attached hydrogen (secondary N) is 1. The average Bonchev–Trinajstić information content (AvgIpc) is 2.84. The SMILES string of the molecule is CCN1CCCCC1Cc1nc(CCNC)cs1. The summed E-state index contributed by atoms with van der Waals surface area (Å²) in [6, 6.07) is 0.729. The summed E-state index contributed by atoms with van der Waals surface area (Å²) in [6.45, 7) is 5.76. The maximum absolute atomic E-state index is 4.76. The summed E-state index contributed by atoms with van der Waals surface area (Å²) in [7, 11) is 1.99. The number of likely N-dealkylation sites (tertiary alicyclic amines) is 1. The molecule has 0 radical (unpaired) electrons. The van der Waals surface area contributed by atoms with Gasteiger partial charge in [-0.25, -0.2) is 4.98 Å². The Labute approximate surface area is 115 Å². The molecular weight excluding hydrogens is 242 g/mol. The third-order valence-corrected chi connectivity index (χ3v) is 4.72. The molecule has 1 unspecified atom stereocenters. The van der Waals surface area contributed by atoms with E-state index in [1.54, 1.807) is 0 Å². The lowest BCUT2D eigenvalue weighted by molar-refractivity contribution is 0.155. The van der Waals surface area contributed by atoms with Gasteiger partial charge in [0.2, 0.25) is 0 Å². The summed E-state index contributed by atoms with van der Waals surface area (Å²) in [5.41, 5.74) is 1.25. The van der Waals surface area contributed by atoms with Gasteiger partial charge in [0.15, 0.2) is 0 Å². The normalized spacial score (nSPS) is 21.3. The van der Waals surface area contributed by atoms with Gasteiger partial charge in [0.05, 0.1) is 10.7 Å². The van der Waals surface area contributed by atoms with Crippen LogP contribution in [-0.4, -0.2) is 42.6 Å². The molecule has 0 spiro atoms. The molecule has 1 fully saturated rings. The zero-order chi connectivity index (χ0) is 12.8. The molecule has 1 aliphatic rings. The minimum Gasteiger partial charge on any atom is -0.319 e. The van der Waals surface area contributed by atoms with Gasteiger partial charge in [-0.1, -0.05) is 13.3 Å². The van der Waals surface area contributed by atoms with Crippen molar-refractivity contribution in [1.82, 2.24) is 15.2 Å². The van der Waals surface area contributed by atoms with Gasteiger partial charge in [-0.05, 0) is 33.0 Å². The molecule has 1 aromatic rings. The highest BCUT2D eigenvalue weighted by molar-refractivity contribution is 7.09. The van der Waals surface area contributed by atoms with Crippen LogP contribution in [0.25, 0.3) is 0 Å². The molecule has 1 atom stereocenters. The highest BCUT2D eigenvalue weighted by atomic mass is 32.1. The molecule has 1 N–H and O–H groups in total. The topological polar surface area (TPSA) is 28.2 Å². The van der Waals surface area contributed by atoms with E-state index in [9.17, 15) is 0 Å². The standard InChI is InChI=1S/C14H25N3S/c1-3-17-9-5-4-6-13(17)10-14-16-12(11-18-14)7-8-15-2/h11,13,15H,3-10H2,1-2H3. The summed E-state index contributed by atoms with van der Waals surface area (Å²) in [4.78, 5) is 7.39. The molecule has 102 valence electrons. The molecule has 1 aromatic heterocycles. The first-order valence-corrected chi connectivity index (χ1v) is 8.03. The Hall–Kier alpha value is -0.450. The van der Waals surface area contributed by atoms with E-state index in [2.05, 4.69) is 22.5 Å². The molecule has 3 nitrogen and oxygen atoms in total. The Morgan fingerprint density at radius 1 is 1.50 bits per heavy atom. The van der Waals surface area contributed by atoms with Crippen LogP contribution < -0.4 is 5.32 Å². The van der Waals surface area contributed by atoms with Crippen molar-refractivity contribution in [2.24, 2.45) is 0 Å². The first-order chi connectivity index (χ1) is 8.83. The lowest BCUT2D eigenvalue weighted by Crippen LogP contribution is -2.40. The summed E-state index contributed by atoms with van der Waals surface area (Å²) in [6.07, 6.45) is 6.31. The molecule has 0 bridgehead atoms. The van der Waals surface area contributed by atoms with Crippen LogP contribution in [0.4, 0.5) is 0 Å². The number of hydrogen-bond acceptors (Lipinski definition) is 4. The maximum Gasteiger partial charge on any atom is 0.0943 e. The second-order valence-corrected chi connectivity index (χ2v) is 6.01. The first kappa shape index (κ1) is 14.0. The molecule has 0 saturated carbocycles. The summed E-state index contributed by atoms with van der Waals surface area (Å²) >= 11 is 1.84. The molecule has 4 heteroatoms. The van der Waals surface area contributed by atoms with Crippen molar-refractivity contribution in [3.05, 3.63) is 16.1 Å².